The van der Waals surface area contributed by atoms with Gasteiger partial charge in [-0.3, -0.25) is 0 Å². The minimum atomic E-state index is 0.698. The number of aryl methyl sites for hydroxylation is 1. The summed E-state index contributed by atoms with van der Waals surface area (Å²) in [5, 5.41) is 1.17. The Bertz CT molecular complexity index is 886. The first-order valence-corrected chi connectivity index (χ1v) is 8.83. The second kappa shape index (κ2) is 8.15. The van der Waals surface area contributed by atoms with E-state index in [0.717, 1.165) is 47.5 Å². The van der Waals surface area contributed by atoms with Crippen LogP contribution in [0.4, 0.5) is 0 Å². The predicted octanol–water partition coefficient (Wildman–Crippen LogP) is 4.14. The van der Waals surface area contributed by atoms with E-state index < -0.39 is 0 Å². The summed E-state index contributed by atoms with van der Waals surface area (Å²) in [7, 11) is 5.01. The molecule has 3 rings (SSSR count). The number of nitrogens with two attached hydrogens (primary N) is 1. The molecule has 0 aliphatic heterocycles. The van der Waals surface area contributed by atoms with Crippen LogP contribution < -0.4 is 19.9 Å². The van der Waals surface area contributed by atoms with Crippen molar-refractivity contribution in [2.45, 2.75) is 19.3 Å². The monoisotopic (exact) mass is 354 g/mol. The fourth-order valence-corrected chi connectivity index (χ4v) is 3.37. The molecule has 2 aromatic carbocycles. The summed E-state index contributed by atoms with van der Waals surface area (Å²) < 4.78 is 16.5. The molecule has 0 saturated heterocycles. The van der Waals surface area contributed by atoms with Crippen LogP contribution in [-0.2, 0) is 6.42 Å². The number of unbranched alkanes of at least 4 members (excludes halogenated alkanes) is 1. The van der Waals surface area contributed by atoms with Gasteiger partial charge in [0.2, 0.25) is 0 Å². The van der Waals surface area contributed by atoms with Crippen molar-refractivity contribution in [3.8, 4) is 28.5 Å². The number of H-pyrrole nitrogens is 1. The minimum absolute atomic E-state index is 0.698. The van der Waals surface area contributed by atoms with Crippen LogP contribution in [-0.4, -0.2) is 32.9 Å². The third-order valence-corrected chi connectivity index (χ3v) is 4.67. The van der Waals surface area contributed by atoms with Crippen LogP contribution in [0.3, 0.4) is 0 Å². The molecule has 3 aromatic rings. The molecular weight excluding hydrogens is 328 g/mol. The lowest BCUT2D eigenvalue weighted by atomic mass is 9.99. The lowest BCUT2D eigenvalue weighted by molar-refractivity contribution is 0.356. The predicted molar refractivity (Wildman–Crippen MR) is 105 cm³/mol. The van der Waals surface area contributed by atoms with E-state index >= 15 is 0 Å². The topological polar surface area (TPSA) is 69.5 Å². The third-order valence-electron chi connectivity index (χ3n) is 4.67. The van der Waals surface area contributed by atoms with E-state index in [0.29, 0.717) is 12.3 Å². The molecule has 0 radical (unpaired) electrons. The van der Waals surface area contributed by atoms with Gasteiger partial charge in [-0.25, -0.2) is 0 Å². The van der Waals surface area contributed by atoms with Gasteiger partial charge in [0.1, 0.15) is 5.75 Å². The van der Waals surface area contributed by atoms with Crippen LogP contribution in [0.25, 0.3) is 22.2 Å². The number of methoxy groups -OCH3 is 3. The molecule has 1 heterocycles. The summed E-state index contributed by atoms with van der Waals surface area (Å²) in [6, 6.07) is 12.0. The summed E-state index contributed by atoms with van der Waals surface area (Å²) in [6.45, 7) is 0.698. The number of benzene rings is 2. The quantitative estimate of drug-likeness (QED) is 0.597. The Kier molecular flexibility index (Phi) is 5.68. The largest absolute Gasteiger partial charge is 0.497 e. The molecule has 138 valence electrons. The number of nitrogens with one attached hydrogen (secondary N) is 1. The first-order chi connectivity index (χ1) is 12.7. The molecule has 5 nitrogen and oxygen atoms in total. The van der Waals surface area contributed by atoms with Crippen LogP contribution in [0.15, 0.2) is 36.4 Å². The number of hydrogen-bond acceptors (Lipinski definition) is 4. The number of rotatable bonds is 8. The van der Waals surface area contributed by atoms with E-state index in [-0.39, 0.29) is 0 Å². The number of hydrogen-bond donors (Lipinski definition) is 2. The van der Waals surface area contributed by atoms with Gasteiger partial charge in [-0.1, -0.05) is 6.07 Å². The molecule has 5 heteroatoms. The maximum absolute atomic E-state index is 5.69. The van der Waals surface area contributed by atoms with Crippen LogP contribution in [0.1, 0.15) is 18.4 Å². The van der Waals surface area contributed by atoms with Crippen LogP contribution in [0, 0.1) is 0 Å². The lowest BCUT2D eigenvalue weighted by Crippen LogP contribution is -2.00. The van der Waals surface area contributed by atoms with Gasteiger partial charge in [0.05, 0.1) is 27.0 Å². The summed E-state index contributed by atoms with van der Waals surface area (Å²) in [4.78, 5) is 3.56. The molecule has 0 atom stereocenters. The third kappa shape index (κ3) is 3.35. The number of fused-ring (bicyclic) bond motifs is 1. The van der Waals surface area contributed by atoms with Crippen molar-refractivity contribution in [3.63, 3.8) is 0 Å². The second-order valence-corrected chi connectivity index (χ2v) is 6.18. The number of aromatic amines is 1. The molecule has 3 N–H and O–H groups in total. The van der Waals surface area contributed by atoms with Crippen molar-refractivity contribution in [2.24, 2.45) is 5.73 Å². The molecule has 0 aliphatic rings. The SMILES string of the molecule is COc1ccc2[nH]c(-c3cccc(OC)c3OC)c(CCCCN)c2c1. The van der Waals surface area contributed by atoms with Gasteiger partial charge < -0.3 is 24.9 Å². The number of ether oxygens (including phenoxy) is 3. The molecular formula is C21H26N2O3. The Morgan fingerprint density at radius 3 is 2.50 bits per heavy atom. The Morgan fingerprint density at radius 1 is 0.962 bits per heavy atom. The Morgan fingerprint density at radius 2 is 1.81 bits per heavy atom. The fourth-order valence-electron chi connectivity index (χ4n) is 3.37. The van der Waals surface area contributed by atoms with Gasteiger partial charge >= 0.3 is 0 Å². The van der Waals surface area contributed by atoms with Gasteiger partial charge in [-0.2, -0.15) is 0 Å². The molecule has 26 heavy (non-hydrogen) atoms. The van der Waals surface area contributed by atoms with Gasteiger partial charge in [0.15, 0.2) is 11.5 Å². The van der Waals surface area contributed by atoms with E-state index in [1.165, 1.54) is 10.9 Å². The van der Waals surface area contributed by atoms with Crippen molar-refractivity contribution < 1.29 is 14.2 Å². The maximum atomic E-state index is 5.69. The molecule has 0 amide bonds. The average Bonchev–Trinajstić information content (AvgIpc) is 3.04. The van der Waals surface area contributed by atoms with Crippen LogP contribution in [0.5, 0.6) is 17.2 Å². The molecule has 0 aliphatic carbocycles. The summed E-state index contributed by atoms with van der Waals surface area (Å²) in [5.74, 6) is 2.29. The van der Waals surface area contributed by atoms with Gasteiger partial charge in [0, 0.05) is 16.5 Å². The molecule has 1 aromatic heterocycles. The highest BCUT2D eigenvalue weighted by Gasteiger charge is 2.19. The molecule has 0 unspecified atom stereocenters. The number of aromatic nitrogens is 1. The normalized spacial score (nSPS) is 10.9. The zero-order valence-corrected chi connectivity index (χ0v) is 15.6. The second-order valence-electron chi connectivity index (χ2n) is 6.18. The minimum Gasteiger partial charge on any atom is -0.497 e. The molecule has 0 fully saturated rings. The van der Waals surface area contributed by atoms with Crippen molar-refractivity contribution in [2.75, 3.05) is 27.9 Å². The Labute approximate surface area is 154 Å². The van der Waals surface area contributed by atoms with Crippen molar-refractivity contribution in [1.82, 2.24) is 4.98 Å². The Balaban J connectivity index is 2.20. The molecule has 0 saturated carbocycles. The summed E-state index contributed by atoms with van der Waals surface area (Å²) in [6.07, 6.45) is 2.95. The Hall–Kier alpha value is -2.66. The van der Waals surface area contributed by atoms with Crippen molar-refractivity contribution in [3.05, 3.63) is 42.0 Å². The van der Waals surface area contributed by atoms with E-state index in [1.807, 2.05) is 18.2 Å². The summed E-state index contributed by atoms with van der Waals surface area (Å²) >= 11 is 0. The van der Waals surface area contributed by atoms with E-state index in [4.69, 9.17) is 19.9 Å². The van der Waals surface area contributed by atoms with Crippen LogP contribution in [0.2, 0.25) is 0 Å². The standard InChI is InChI=1S/C21H26N2O3/c1-24-14-10-11-18-17(13-14)15(7-4-5-12-22)20(23-18)16-8-6-9-19(25-2)21(16)26-3/h6,8-11,13,23H,4-5,7,12,22H2,1-3H3. The molecule has 0 bridgehead atoms. The van der Waals surface area contributed by atoms with E-state index in [2.05, 4.69) is 23.2 Å². The fraction of sp³-hybridized carbons (Fsp3) is 0.333. The van der Waals surface area contributed by atoms with Gasteiger partial charge in [-0.15, -0.1) is 0 Å². The van der Waals surface area contributed by atoms with E-state index in [1.54, 1.807) is 21.3 Å². The van der Waals surface area contributed by atoms with Crippen molar-refractivity contribution >= 4 is 10.9 Å². The first kappa shape index (κ1) is 18.1. The average molecular weight is 354 g/mol. The van der Waals surface area contributed by atoms with E-state index in [9.17, 15) is 0 Å². The highest BCUT2D eigenvalue weighted by molar-refractivity contribution is 5.93. The van der Waals surface area contributed by atoms with Gasteiger partial charge in [0.25, 0.3) is 0 Å². The maximum Gasteiger partial charge on any atom is 0.170 e. The highest BCUT2D eigenvalue weighted by Crippen LogP contribution is 2.41. The first-order valence-electron chi connectivity index (χ1n) is 8.83. The van der Waals surface area contributed by atoms with Gasteiger partial charge in [-0.05, 0) is 61.7 Å². The van der Waals surface area contributed by atoms with Crippen molar-refractivity contribution in [1.29, 1.82) is 0 Å². The smallest absolute Gasteiger partial charge is 0.170 e. The lowest BCUT2D eigenvalue weighted by Gasteiger charge is -2.13. The number of para-hydroxylation sites is 1. The zero-order chi connectivity index (χ0) is 18.5. The summed E-state index contributed by atoms with van der Waals surface area (Å²) in [5.41, 5.74) is 10.1. The highest BCUT2D eigenvalue weighted by atomic mass is 16.5. The molecule has 0 spiro atoms. The zero-order valence-electron chi connectivity index (χ0n) is 15.6. The van der Waals surface area contributed by atoms with Crippen LogP contribution >= 0.6 is 0 Å².